The summed E-state index contributed by atoms with van der Waals surface area (Å²) in [6.07, 6.45) is 69.4. The summed E-state index contributed by atoms with van der Waals surface area (Å²) in [5.74, 6) is -0.211. The highest BCUT2D eigenvalue weighted by Gasteiger charge is 2.13. The van der Waals surface area contributed by atoms with E-state index in [9.17, 15) is 9.90 Å². The van der Waals surface area contributed by atoms with E-state index >= 15 is 0 Å². The van der Waals surface area contributed by atoms with Gasteiger partial charge in [-0.05, 0) is 89.9 Å². The molecule has 0 amide bonds. The molecule has 0 aromatic heterocycles. The Labute approximate surface area is 354 Å². The Hall–Kier alpha value is -2.43. The summed E-state index contributed by atoms with van der Waals surface area (Å²) in [7, 11) is 0. The van der Waals surface area contributed by atoms with E-state index in [0.717, 1.165) is 64.2 Å². The zero-order valence-corrected chi connectivity index (χ0v) is 37.6. The van der Waals surface area contributed by atoms with Gasteiger partial charge in [-0.25, -0.2) is 0 Å². The molecule has 1 atom stereocenters. The van der Waals surface area contributed by atoms with E-state index in [2.05, 4.69) is 98.9 Å². The minimum absolute atomic E-state index is 0.182. The second kappa shape index (κ2) is 49.7. The average Bonchev–Trinajstić information content (AvgIpc) is 3.22. The van der Waals surface area contributed by atoms with Gasteiger partial charge in [0.15, 0.2) is 0 Å². The van der Waals surface area contributed by atoms with Crippen LogP contribution in [0.4, 0.5) is 0 Å². The van der Waals surface area contributed by atoms with E-state index in [1.165, 1.54) is 135 Å². The topological polar surface area (TPSA) is 55.8 Å². The summed E-state index contributed by atoms with van der Waals surface area (Å²) in [4.78, 5) is 12.3. The molecular formula is C53H92O4. The summed E-state index contributed by atoms with van der Waals surface area (Å²) >= 11 is 0. The maximum absolute atomic E-state index is 12.3. The molecule has 57 heavy (non-hydrogen) atoms. The van der Waals surface area contributed by atoms with Crippen molar-refractivity contribution in [3.8, 4) is 0 Å². The fraction of sp³-hybridized carbons (Fsp3) is 0.717. The number of hydrogen-bond donors (Lipinski definition) is 1. The van der Waals surface area contributed by atoms with Crippen molar-refractivity contribution in [1.82, 2.24) is 0 Å². The number of esters is 1. The highest BCUT2D eigenvalue weighted by atomic mass is 16.6. The molecule has 0 rings (SSSR count). The predicted octanol–water partition coefficient (Wildman–Crippen LogP) is 16.3. The van der Waals surface area contributed by atoms with Gasteiger partial charge in [0.25, 0.3) is 0 Å². The summed E-state index contributed by atoms with van der Waals surface area (Å²) in [6, 6.07) is 0. The van der Waals surface area contributed by atoms with Gasteiger partial charge in [-0.2, -0.15) is 0 Å². The van der Waals surface area contributed by atoms with Crippen LogP contribution in [0.25, 0.3) is 0 Å². The lowest BCUT2D eigenvalue weighted by Gasteiger charge is -2.16. The SMILES string of the molecule is CC/C=C\C/C=C\C/C=C\C/C=C\CCCCCCCCCCCCC(=O)OC(CO)COCCCCCCCCC/C=C\C/C=C\C/C=C\CCCCCCC. The number of hydrogen-bond acceptors (Lipinski definition) is 4. The Kier molecular flexibility index (Phi) is 47.6. The van der Waals surface area contributed by atoms with Crippen LogP contribution < -0.4 is 0 Å². The third-order valence-electron chi connectivity index (χ3n) is 10.2. The Morgan fingerprint density at radius 3 is 1.19 bits per heavy atom. The highest BCUT2D eigenvalue weighted by Crippen LogP contribution is 2.14. The summed E-state index contributed by atoms with van der Waals surface area (Å²) in [5, 5.41) is 9.64. The van der Waals surface area contributed by atoms with Gasteiger partial charge in [-0.15, -0.1) is 0 Å². The number of aliphatic hydroxyl groups is 1. The van der Waals surface area contributed by atoms with E-state index in [-0.39, 0.29) is 19.2 Å². The van der Waals surface area contributed by atoms with Crippen LogP contribution in [0.15, 0.2) is 85.1 Å². The fourth-order valence-electron chi connectivity index (χ4n) is 6.62. The largest absolute Gasteiger partial charge is 0.457 e. The molecule has 1 N–H and O–H groups in total. The van der Waals surface area contributed by atoms with Crippen molar-refractivity contribution in [3.63, 3.8) is 0 Å². The normalized spacial score (nSPS) is 13.1. The van der Waals surface area contributed by atoms with Gasteiger partial charge in [-0.1, -0.05) is 208 Å². The zero-order valence-electron chi connectivity index (χ0n) is 37.6. The molecule has 4 nitrogen and oxygen atoms in total. The van der Waals surface area contributed by atoms with Crippen LogP contribution in [0, 0.1) is 0 Å². The van der Waals surface area contributed by atoms with Crippen molar-refractivity contribution in [2.75, 3.05) is 19.8 Å². The predicted molar refractivity (Wildman–Crippen MR) is 251 cm³/mol. The molecule has 0 radical (unpaired) electrons. The van der Waals surface area contributed by atoms with Gasteiger partial charge in [0.1, 0.15) is 6.10 Å². The summed E-state index contributed by atoms with van der Waals surface area (Å²) in [5.41, 5.74) is 0. The fourth-order valence-corrected chi connectivity index (χ4v) is 6.62. The maximum atomic E-state index is 12.3. The molecule has 0 saturated heterocycles. The van der Waals surface area contributed by atoms with Crippen molar-refractivity contribution in [3.05, 3.63) is 85.1 Å². The van der Waals surface area contributed by atoms with E-state index < -0.39 is 6.10 Å². The molecule has 0 fully saturated rings. The van der Waals surface area contributed by atoms with E-state index in [4.69, 9.17) is 9.47 Å². The maximum Gasteiger partial charge on any atom is 0.306 e. The minimum atomic E-state index is -0.548. The Balaban J connectivity index is 3.48. The van der Waals surface area contributed by atoms with Gasteiger partial charge in [0.05, 0.1) is 13.2 Å². The van der Waals surface area contributed by atoms with E-state index in [1.54, 1.807) is 0 Å². The van der Waals surface area contributed by atoms with Crippen LogP contribution in [0.5, 0.6) is 0 Å². The van der Waals surface area contributed by atoms with Crippen LogP contribution in [0.2, 0.25) is 0 Å². The summed E-state index contributed by atoms with van der Waals surface area (Å²) < 4.78 is 11.2. The third-order valence-corrected chi connectivity index (χ3v) is 10.2. The van der Waals surface area contributed by atoms with Gasteiger partial charge in [0.2, 0.25) is 0 Å². The van der Waals surface area contributed by atoms with Crippen LogP contribution in [-0.4, -0.2) is 37.0 Å². The number of aliphatic hydroxyl groups excluding tert-OH is 1. The van der Waals surface area contributed by atoms with Crippen LogP contribution in [0.3, 0.4) is 0 Å². The second-order valence-electron chi connectivity index (χ2n) is 15.8. The minimum Gasteiger partial charge on any atom is -0.457 e. The first-order valence-corrected chi connectivity index (χ1v) is 24.2. The first-order chi connectivity index (χ1) is 28.2. The smallest absolute Gasteiger partial charge is 0.306 e. The number of unbranched alkanes of at least 4 members (excludes halogenated alkanes) is 22. The zero-order chi connectivity index (χ0) is 41.2. The molecule has 0 heterocycles. The Morgan fingerprint density at radius 1 is 0.439 bits per heavy atom. The van der Waals surface area contributed by atoms with Crippen LogP contribution in [-0.2, 0) is 14.3 Å². The van der Waals surface area contributed by atoms with Crippen molar-refractivity contribution in [2.45, 2.75) is 225 Å². The first-order valence-electron chi connectivity index (χ1n) is 24.2. The molecule has 0 bridgehead atoms. The third kappa shape index (κ3) is 47.8. The Bertz CT molecular complexity index is 1020. The van der Waals surface area contributed by atoms with E-state index in [1.807, 2.05) is 0 Å². The molecule has 0 aliphatic rings. The number of allylic oxidation sites excluding steroid dienone is 14. The van der Waals surface area contributed by atoms with Gasteiger partial charge >= 0.3 is 5.97 Å². The molecule has 0 aromatic carbocycles. The second-order valence-corrected chi connectivity index (χ2v) is 15.8. The number of ether oxygens (including phenoxy) is 2. The van der Waals surface area contributed by atoms with Crippen molar-refractivity contribution in [1.29, 1.82) is 0 Å². The standard InChI is InChI=1S/C53H92O4/c1-3-5-7-9-11-13-15-17-19-21-23-25-27-28-30-32-34-36-38-40-42-44-46-48-53(55)57-52(50-54)51-56-49-47-45-43-41-39-37-35-33-31-29-26-24-22-20-18-16-14-12-10-8-6-4-2/h5,7,11,13,16-19,22-25,29,31,52,54H,3-4,6,8-10,12,14-15,20-21,26-28,30,32-51H2,1-2H3/b7-5-,13-11-,18-16-,19-17-,24-22-,25-23-,31-29-. The lowest BCUT2D eigenvalue weighted by molar-refractivity contribution is -0.154. The Morgan fingerprint density at radius 2 is 0.789 bits per heavy atom. The van der Waals surface area contributed by atoms with Gasteiger partial charge in [0, 0.05) is 13.0 Å². The molecule has 328 valence electrons. The number of rotatable bonds is 44. The molecular weight excluding hydrogens is 701 g/mol. The first kappa shape index (κ1) is 54.6. The van der Waals surface area contributed by atoms with Crippen molar-refractivity contribution in [2.24, 2.45) is 0 Å². The summed E-state index contributed by atoms with van der Waals surface area (Å²) in [6.45, 7) is 5.20. The van der Waals surface area contributed by atoms with Crippen LogP contribution >= 0.6 is 0 Å². The van der Waals surface area contributed by atoms with Crippen molar-refractivity contribution >= 4 is 5.97 Å². The monoisotopic (exact) mass is 793 g/mol. The molecule has 0 aliphatic heterocycles. The molecule has 4 heteroatoms. The van der Waals surface area contributed by atoms with Crippen LogP contribution in [0.1, 0.15) is 219 Å². The van der Waals surface area contributed by atoms with Gasteiger partial charge < -0.3 is 14.6 Å². The highest BCUT2D eigenvalue weighted by molar-refractivity contribution is 5.69. The molecule has 0 saturated carbocycles. The molecule has 0 aliphatic carbocycles. The van der Waals surface area contributed by atoms with E-state index in [0.29, 0.717) is 13.0 Å². The lowest BCUT2D eigenvalue weighted by atomic mass is 10.0. The lowest BCUT2D eigenvalue weighted by Crippen LogP contribution is -2.27. The average molecular weight is 793 g/mol. The number of carbonyl (C=O) groups is 1. The number of carbonyl (C=O) groups excluding carboxylic acids is 1. The quantitative estimate of drug-likeness (QED) is 0.0379. The molecule has 0 spiro atoms. The van der Waals surface area contributed by atoms with Gasteiger partial charge in [-0.3, -0.25) is 4.79 Å². The molecule has 0 aromatic rings. The van der Waals surface area contributed by atoms with Crippen molar-refractivity contribution < 1.29 is 19.4 Å². The molecule has 1 unspecified atom stereocenters.